The molecule has 0 spiro atoms. The number of carbonyl (C=O) groups is 1. The first-order chi connectivity index (χ1) is 10.1. The maximum Gasteiger partial charge on any atom is 0.239 e. The Labute approximate surface area is 139 Å². The molecule has 1 atom stereocenters. The third-order valence-corrected chi connectivity index (χ3v) is 5.50. The molecule has 1 aromatic rings. The Bertz CT molecular complexity index is 461. The van der Waals surface area contributed by atoms with E-state index in [-0.39, 0.29) is 11.9 Å². The SMILES string of the molecule is CSCC[C@H](N)C(=O)N1CCN(Cc2ccc(Cl)s2)CC1. The molecule has 0 aromatic carbocycles. The van der Waals surface area contributed by atoms with Gasteiger partial charge < -0.3 is 10.6 Å². The monoisotopic (exact) mass is 347 g/mol. The van der Waals surface area contributed by atoms with Crippen molar-refractivity contribution in [1.82, 2.24) is 9.80 Å². The summed E-state index contributed by atoms with van der Waals surface area (Å²) in [6, 6.07) is 3.66. The van der Waals surface area contributed by atoms with Crippen LogP contribution in [0.2, 0.25) is 4.34 Å². The van der Waals surface area contributed by atoms with Crippen LogP contribution in [-0.4, -0.2) is 59.9 Å². The third-order valence-electron chi connectivity index (χ3n) is 3.64. The van der Waals surface area contributed by atoms with Crippen molar-refractivity contribution in [3.8, 4) is 0 Å². The van der Waals surface area contributed by atoms with Crippen molar-refractivity contribution in [2.45, 2.75) is 19.0 Å². The van der Waals surface area contributed by atoms with Gasteiger partial charge in [0.2, 0.25) is 5.91 Å². The summed E-state index contributed by atoms with van der Waals surface area (Å²) in [4.78, 5) is 17.8. The smallest absolute Gasteiger partial charge is 0.239 e. The number of halogens is 1. The number of piperazine rings is 1. The van der Waals surface area contributed by atoms with Crippen LogP contribution >= 0.6 is 34.7 Å². The van der Waals surface area contributed by atoms with Crippen LogP contribution in [0.3, 0.4) is 0 Å². The topological polar surface area (TPSA) is 49.6 Å². The van der Waals surface area contributed by atoms with Crippen molar-refractivity contribution in [1.29, 1.82) is 0 Å². The zero-order chi connectivity index (χ0) is 15.2. The number of hydrogen-bond acceptors (Lipinski definition) is 5. The maximum absolute atomic E-state index is 12.2. The lowest BCUT2D eigenvalue weighted by Gasteiger charge is -2.35. The number of rotatable bonds is 6. The Balaban J connectivity index is 1.76. The van der Waals surface area contributed by atoms with E-state index in [1.807, 2.05) is 17.2 Å². The minimum Gasteiger partial charge on any atom is -0.339 e. The van der Waals surface area contributed by atoms with E-state index in [2.05, 4.69) is 11.0 Å². The highest BCUT2D eigenvalue weighted by Gasteiger charge is 2.25. The molecule has 1 amide bonds. The van der Waals surface area contributed by atoms with Gasteiger partial charge in [-0.05, 0) is 30.6 Å². The number of amides is 1. The highest BCUT2D eigenvalue weighted by molar-refractivity contribution is 7.98. The third kappa shape index (κ3) is 5.14. The van der Waals surface area contributed by atoms with Gasteiger partial charge in [0.15, 0.2) is 0 Å². The maximum atomic E-state index is 12.2. The summed E-state index contributed by atoms with van der Waals surface area (Å²) in [5.74, 6) is 1.04. The molecule has 1 aliphatic rings. The second-order valence-corrected chi connectivity index (χ2v) is 7.98. The molecule has 1 aromatic heterocycles. The van der Waals surface area contributed by atoms with Crippen LogP contribution in [0.15, 0.2) is 12.1 Å². The predicted molar refractivity (Wildman–Crippen MR) is 92.2 cm³/mol. The average molecular weight is 348 g/mol. The molecule has 1 fully saturated rings. The molecule has 0 saturated carbocycles. The van der Waals surface area contributed by atoms with Gasteiger partial charge in [-0.15, -0.1) is 11.3 Å². The van der Waals surface area contributed by atoms with E-state index in [0.717, 1.165) is 49.2 Å². The van der Waals surface area contributed by atoms with E-state index in [0.29, 0.717) is 0 Å². The molecule has 2 rings (SSSR count). The van der Waals surface area contributed by atoms with Crippen molar-refractivity contribution in [2.24, 2.45) is 5.73 Å². The van der Waals surface area contributed by atoms with Crippen LogP contribution in [0.4, 0.5) is 0 Å². The van der Waals surface area contributed by atoms with Gasteiger partial charge in [-0.25, -0.2) is 0 Å². The molecular weight excluding hydrogens is 326 g/mol. The van der Waals surface area contributed by atoms with Crippen molar-refractivity contribution >= 4 is 40.6 Å². The Morgan fingerprint density at radius 3 is 2.71 bits per heavy atom. The van der Waals surface area contributed by atoms with Gasteiger partial charge in [0.05, 0.1) is 10.4 Å². The zero-order valence-electron chi connectivity index (χ0n) is 12.3. The summed E-state index contributed by atoms with van der Waals surface area (Å²) in [6.45, 7) is 4.25. The Kier molecular flexibility index (Phi) is 6.82. The largest absolute Gasteiger partial charge is 0.339 e. The van der Waals surface area contributed by atoms with Crippen molar-refractivity contribution < 1.29 is 4.79 Å². The summed E-state index contributed by atoms with van der Waals surface area (Å²) in [7, 11) is 0. The molecule has 0 aliphatic carbocycles. The normalized spacial score (nSPS) is 18.0. The summed E-state index contributed by atoms with van der Waals surface area (Å²) in [5.41, 5.74) is 5.96. The number of thiophene rings is 1. The van der Waals surface area contributed by atoms with E-state index in [9.17, 15) is 4.79 Å². The fraction of sp³-hybridized carbons (Fsp3) is 0.643. The fourth-order valence-electron chi connectivity index (χ4n) is 2.39. The first kappa shape index (κ1) is 17.1. The summed E-state index contributed by atoms with van der Waals surface area (Å²) in [5, 5.41) is 0. The van der Waals surface area contributed by atoms with Crippen molar-refractivity contribution in [2.75, 3.05) is 38.2 Å². The highest BCUT2D eigenvalue weighted by atomic mass is 35.5. The molecule has 118 valence electrons. The Morgan fingerprint density at radius 1 is 1.43 bits per heavy atom. The van der Waals surface area contributed by atoms with Crippen LogP contribution in [0.1, 0.15) is 11.3 Å². The molecule has 1 aliphatic heterocycles. The number of nitrogens with two attached hydrogens (primary N) is 1. The lowest BCUT2D eigenvalue weighted by atomic mass is 10.2. The molecule has 7 heteroatoms. The summed E-state index contributed by atoms with van der Waals surface area (Å²) >= 11 is 9.30. The van der Waals surface area contributed by atoms with Crippen LogP contribution in [-0.2, 0) is 11.3 Å². The molecule has 0 unspecified atom stereocenters. The molecule has 2 N–H and O–H groups in total. The summed E-state index contributed by atoms with van der Waals surface area (Å²) in [6.07, 6.45) is 2.79. The second kappa shape index (κ2) is 8.39. The van der Waals surface area contributed by atoms with Gasteiger partial charge in [0.1, 0.15) is 0 Å². The van der Waals surface area contributed by atoms with Gasteiger partial charge in [-0.2, -0.15) is 11.8 Å². The van der Waals surface area contributed by atoms with Crippen molar-refractivity contribution in [3.05, 3.63) is 21.3 Å². The average Bonchev–Trinajstić information content (AvgIpc) is 2.90. The Morgan fingerprint density at radius 2 is 2.14 bits per heavy atom. The van der Waals surface area contributed by atoms with Gasteiger partial charge >= 0.3 is 0 Å². The second-order valence-electron chi connectivity index (χ2n) is 5.20. The molecular formula is C14H22ClN3OS2. The van der Waals surface area contributed by atoms with Crippen LogP contribution in [0.25, 0.3) is 0 Å². The zero-order valence-corrected chi connectivity index (χ0v) is 14.6. The van der Waals surface area contributed by atoms with E-state index in [1.54, 1.807) is 23.1 Å². The molecule has 1 saturated heterocycles. The minimum absolute atomic E-state index is 0.0999. The molecule has 4 nitrogen and oxygen atoms in total. The van der Waals surface area contributed by atoms with Gasteiger partial charge in [0.25, 0.3) is 0 Å². The fourth-order valence-corrected chi connectivity index (χ4v) is 4.01. The highest BCUT2D eigenvalue weighted by Crippen LogP contribution is 2.23. The quantitative estimate of drug-likeness (QED) is 0.856. The first-order valence-electron chi connectivity index (χ1n) is 7.10. The predicted octanol–water partition coefficient (Wildman–Crippen LogP) is 2.13. The first-order valence-corrected chi connectivity index (χ1v) is 9.69. The lowest BCUT2D eigenvalue weighted by molar-refractivity contribution is -0.134. The van der Waals surface area contributed by atoms with Gasteiger partial charge in [-0.1, -0.05) is 11.6 Å². The van der Waals surface area contributed by atoms with E-state index >= 15 is 0 Å². The van der Waals surface area contributed by atoms with E-state index < -0.39 is 0 Å². The Hall–Kier alpha value is -0.270. The van der Waals surface area contributed by atoms with E-state index in [4.69, 9.17) is 17.3 Å². The minimum atomic E-state index is -0.347. The standard InChI is InChI=1S/C14H22ClN3OS2/c1-20-9-4-12(16)14(19)18-7-5-17(6-8-18)10-11-2-3-13(15)21-11/h2-3,12H,4-10,16H2,1H3/t12-/m0/s1. The number of carbonyl (C=O) groups excluding carboxylic acids is 1. The summed E-state index contributed by atoms with van der Waals surface area (Å²) < 4.78 is 0.832. The molecule has 0 radical (unpaired) electrons. The van der Waals surface area contributed by atoms with Gasteiger partial charge in [-0.3, -0.25) is 9.69 Å². The van der Waals surface area contributed by atoms with Crippen LogP contribution < -0.4 is 5.73 Å². The molecule has 2 heterocycles. The van der Waals surface area contributed by atoms with Crippen molar-refractivity contribution in [3.63, 3.8) is 0 Å². The van der Waals surface area contributed by atoms with Crippen LogP contribution in [0, 0.1) is 0 Å². The lowest BCUT2D eigenvalue weighted by Crippen LogP contribution is -2.52. The number of nitrogens with zero attached hydrogens (tertiary/aromatic N) is 2. The number of hydrogen-bond donors (Lipinski definition) is 1. The molecule has 21 heavy (non-hydrogen) atoms. The van der Waals surface area contributed by atoms with E-state index in [1.165, 1.54) is 4.88 Å². The van der Waals surface area contributed by atoms with Gasteiger partial charge in [0, 0.05) is 37.6 Å². The number of thioether (sulfide) groups is 1. The van der Waals surface area contributed by atoms with Crippen LogP contribution in [0.5, 0.6) is 0 Å². The molecule has 0 bridgehead atoms.